The molecular formula is C71H78O20S6. The zero-order chi connectivity index (χ0) is 71.3. The Bertz CT molecular complexity index is 5010. The number of ether oxygens (including phenoxy) is 4. The summed E-state index contributed by atoms with van der Waals surface area (Å²) < 4.78 is 226. The zero-order valence-corrected chi connectivity index (χ0v) is 60.0. The van der Waals surface area contributed by atoms with Crippen LogP contribution in [0.5, 0.6) is 34.5 Å². The van der Waals surface area contributed by atoms with Crippen LogP contribution in [0.15, 0.2) is 209 Å². The van der Waals surface area contributed by atoms with Crippen LogP contribution in [-0.4, -0.2) is 79.9 Å². The molecule has 518 valence electrons. The predicted octanol–water partition coefficient (Wildman–Crippen LogP) is 15.6. The summed E-state index contributed by atoms with van der Waals surface area (Å²) in [4.78, 5) is -5.70. The molecular weight excluding hydrogens is 1370 g/mol. The van der Waals surface area contributed by atoms with E-state index in [0.29, 0.717) is 35.4 Å². The molecule has 0 amide bonds. The van der Waals surface area contributed by atoms with Gasteiger partial charge in [0.25, 0.3) is 40.5 Å². The lowest BCUT2D eigenvalue weighted by atomic mass is 9.65. The zero-order valence-electron chi connectivity index (χ0n) is 55.1. The monoisotopic (exact) mass is 1440 g/mol. The second-order valence-electron chi connectivity index (χ2n) is 26.1. The van der Waals surface area contributed by atoms with Gasteiger partial charge in [0.1, 0.15) is 55.5 Å². The highest BCUT2D eigenvalue weighted by molar-refractivity contribution is 7.92. The number of hydrogen-bond donors (Lipinski definition) is 4. The van der Waals surface area contributed by atoms with E-state index in [2.05, 4.69) is 19.1 Å². The van der Waals surface area contributed by atoms with E-state index >= 15 is 0 Å². The van der Waals surface area contributed by atoms with E-state index in [-0.39, 0.29) is 45.8 Å². The molecule has 0 aromatic heterocycles. The molecule has 20 nitrogen and oxygen atoms in total. The van der Waals surface area contributed by atoms with Gasteiger partial charge in [-0.05, 0) is 201 Å². The third-order valence-electron chi connectivity index (χ3n) is 19.0. The van der Waals surface area contributed by atoms with Crippen LogP contribution in [0, 0.1) is 0 Å². The second-order valence-corrected chi connectivity index (χ2v) is 35.6. The molecule has 1 aliphatic rings. The summed E-state index contributed by atoms with van der Waals surface area (Å²) in [6.45, 7) is 18.2. The summed E-state index contributed by atoms with van der Waals surface area (Å²) in [5.41, 5.74) is -0.506. The molecule has 1 fully saturated rings. The molecule has 1 unspecified atom stereocenters. The fourth-order valence-electron chi connectivity index (χ4n) is 12.0. The van der Waals surface area contributed by atoms with Crippen molar-refractivity contribution in [2.75, 3.05) is 0 Å². The van der Waals surface area contributed by atoms with Crippen molar-refractivity contribution in [3.05, 3.63) is 192 Å². The van der Waals surface area contributed by atoms with Crippen LogP contribution in [0.4, 0.5) is 0 Å². The molecule has 97 heavy (non-hydrogen) atoms. The SMILES string of the molecule is CCC(C)(C)Oc1ccc(C2(c3ccc(Oc4ccc(S(=O)(=O)c5ccc(C(C)(C)C(C)(CC)Oc6ccc(-c7ccc(Oc8ccc(S(=O)(=O)c9ccc(C(C)(C)CC)c(S(=O)(=O)O)c9)cc8S(=O)(=O)O)cc7)cc6)c(S(=O)(=O)O)c5)cc4S(=O)(=O)O)cc3)CCCCC2)cc1. The molecule has 0 aliphatic heterocycles. The largest absolute Gasteiger partial charge is 0.488 e. The maximum Gasteiger partial charge on any atom is 0.298 e. The molecule has 26 heteroatoms. The van der Waals surface area contributed by atoms with Crippen LogP contribution in [-0.2, 0) is 76.4 Å². The van der Waals surface area contributed by atoms with Crippen molar-refractivity contribution in [1.29, 1.82) is 0 Å². The Hall–Kier alpha value is -7.50. The highest BCUT2D eigenvalue weighted by Crippen LogP contribution is 2.48. The smallest absolute Gasteiger partial charge is 0.298 e. The molecule has 0 spiro atoms. The summed E-state index contributed by atoms with van der Waals surface area (Å²) in [6.07, 6.45) is 6.38. The summed E-state index contributed by atoms with van der Waals surface area (Å²) >= 11 is 0. The van der Waals surface area contributed by atoms with Gasteiger partial charge in [-0.15, -0.1) is 0 Å². The van der Waals surface area contributed by atoms with Crippen LogP contribution < -0.4 is 18.9 Å². The lowest BCUT2D eigenvalue weighted by molar-refractivity contribution is 0.0125. The standard InChI is InChI=1S/C71H78O20S6/c1-11-67(4,5)59-37-33-55(43-63(59)94(76,77)78)92(72,73)57-35-39-61(65(45-57)96(82,83)84)88-51-25-17-47(18-26-51)48-19-27-54(28-20-48)91-70(10,13-3)69(8,9)60-38-34-56(44-64(60)95(79,80)81)93(74,75)58-36-40-62(66(46-58)97(85,86)87)89-52-29-21-49(22-30-52)71(41-15-14-16-42-71)50-23-31-53(32-24-50)90-68(6,7)12-2/h17-40,43-46H,11-16,41-42H2,1-10H3,(H,76,77,78)(H,79,80,81)(H,82,83,84)(H,85,86,87). The van der Waals surface area contributed by atoms with Gasteiger partial charge in [0, 0.05) is 10.8 Å². The number of hydrogen-bond acceptors (Lipinski definition) is 16. The van der Waals surface area contributed by atoms with Crippen molar-refractivity contribution < 1.29 is 87.7 Å². The van der Waals surface area contributed by atoms with Crippen LogP contribution >= 0.6 is 0 Å². The van der Waals surface area contributed by atoms with E-state index in [1.807, 2.05) is 38.1 Å². The molecule has 0 radical (unpaired) electrons. The Morgan fingerprint density at radius 3 is 1.09 bits per heavy atom. The minimum atomic E-state index is -5.20. The second kappa shape index (κ2) is 27.0. The van der Waals surface area contributed by atoms with Gasteiger partial charge in [0.05, 0.1) is 29.4 Å². The van der Waals surface area contributed by atoms with Gasteiger partial charge in [-0.25, -0.2) is 16.8 Å². The van der Waals surface area contributed by atoms with Gasteiger partial charge in [-0.2, -0.15) is 33.7 Å². The van der Waals surface area contributed by atoms with Crippen molar-refractivity contribution in [3.8, 4) is 45.6 Å². The Morgan fingerprint density at radius 2 is 0.711 bits per heavy atom. The molecule has 0 bridgehead atoms. The Labute approximate surface area is 568 Å². The van der Waals surface area contributed by atoms with Crippen LogP contribution in [0.1, 0.15) is 143 Å². The first-order valence-electron chi connectivity index (χ1n) is 31.1. The van der Waals surface area contributed by atoms with Crippen LogP contribution in [0.2, 0.25) is 0 Å². The van der Waals surface area contributed by atoms with Gasteiger partial charge in [-0.1, -0.05) is 128 Å². The van der Waals surface area contributed by atoms with E-state index in [1.54, 1.807) is 97.0 Å². The molecule has 0 heterocycles. The van der Waals surface area contributed by atoms with E-state index in [1.165, 1.54) is 24.3 Å². The summed E-state index contributed by atoms with van der Waals surface area (Å²) in [6, 6.07) is 40.1. The predicted molar refractivity (Wildman–Crippen MR) is 365 cm³/mol. The van der Waals surface area contributed by atoms with Gasteiger partial charge < -0.3 is 18.9 Å². The van der Waals surface area contributed by atoms with E-state index in [0.717, 1.165) is 104 Å². The van der Waals surface area contributed by atoms with Crippen LogP contribution in [0.3, 0.4) is 0 Å². The van der Waals surface area contributed by atoms with Crippen molar-refractivity contribution in [3.63, 3.8) is 0 Å². The average molecular weight is 1440 g/mol. The van der Waals surface area contributed by atoms with Crippen molar-refractivity contribution in [1.82, 2.24) is 0 Å². The van der Waals surface area contributed by atoms with E-state index < -0.39 is 121 Å². The van der Waals surface area contributed by atoms with Crippen LogP contribution in [0.25, 0.3) is 11.1 Å². The molecule has 8 aromatic rings. The maximum absolute atomic E-state index is 14.5. The fourth-order valence-corrected chi connectivity index (χ4v) is 18.0. The Balaban J connectivity index is 0.914. The Kier molecular flexibility index (Phi) is 20.5. The van der Waals surface area contributed by atoms with Gasteiger partial charge in [0.15, 0.2) is 0 Å². The summed E-state index contributed by atoms with van der Waals surface area (Å²) in [5, 5.41) is 0. The number of sulfone groups is 2. The van der Waals surface area contributed by atoms with Gasteiger partial charge in [-0.3, -0.25) is 18.2 Å². The number of rotatable bonds is 25. The fraction of sp³-hybridized carbons (Fsp3) is 0.324. The molecule has 8 aromatic carbocycles. The highest BCUT2D eigenvalue weighted by Gasteiger charge is 2.46. The van der Waals surface area contributed by atoms with Crippen molar-refractivity contribution in [2.45, 2.75) is 187 Å². The highest BCUT2D eigenvalue weighted by atomic mass is 32.2. The Morgan fingerprint density at radius 1 is 0.371 bits per heavy atom. The first kappa shape index (κ1) is 73.7. The lowest BCUT2D eigenvalue weighted by Crippen LogP contribution is -2.50. The lowest BCUT2D eigenvalue weighted by Gasteiger charge is -2.44. The van der Waals surface area contributed by atoms with Crippen molar-refractivity contribution in [2.24, 2.45) is 0 Å². The molecule has 1 atom stereocenters. The summed E-state index contributed by atoms with van der Waals surface area (Å²) in [7, 11) is -29.9. The third kappa shape index (κ3) is 15.5. The maximum atomic E-state index is 14.5. The molecule has 1 aliphatic carbocycles. The topological polar surface area (TPSA) is 323 Å². The number of benzene rings is 8. The minimum Gasteiger partial charge on any atom is -0.488 e. The van der Waals surface area contributed by atoms with Gasteiger partial charge in [0.2, 0.25) is 19.7 Å². The minimum absolute atomic E-state index is 0.0297. The third-order valence-corrected chi connectivity index (χ3v) is 26.0. The summed E-state index contributed by atoms with van der Waals surface area (Å²) in [5.74, 6) is 0.510. The quantitative estimate of drug-likeness (QED) is 0.0386. The average Bonchev–Trinajstić information content (AvgIpc) is 0.762. The normalized spacial score (nSPS) is 15.1. The van der Waals surface area contributed by atoms with E-state index in [4.69, 9.17) is 18.9 Å². The van der Waals surface area contributed by atoms with Crippen molar-refractivity contribution >= 4 is 60.1 Å². The first-order valence-corrected chi connectivity index (χ1v) is 39.8. The molecule has 0 saturated heterocycles. The molecule has 4 N–H and O–H groups in total. The first-order chi connectivity index (χ1) is 45.0. The molecule has 9 rings (SSSR count). The van der Waals surface area contributed by atoms with Gasteiger partial charge >= 0.3 is 0 Å². The van der Waals surface area contributed by atoms with E-state index in [9.17, 15) is 68.7 Å². The molecule has 1 saturated carbocycles.